The molecule has 0 heterocycles. The lowest BCUT2D eigenvalue weighted by Crippen LogP contribution is -2.21. The number of methoxy groups -OCH3 is 1. The molecule has 2 rings (SSSR count). The Hall–Kier alpha value is -2.00. The van der Waals surface area contributed by atoms with E-state index in [9.17, 15) is 4.79 Å². The van der Waals surface area contributed by atoms with Crippen LogP contribution in [0.5, 0.6) is 5.75 Å². The molecule has 0 saturated heterocycles. The highest BCUT2D eigenvalue weighted by atomic mass is 35.5. The minimum Gasteiger partial charge on any atom is -0.495 e. The highest BCUT2D eigenvalue weighted by Gasteiger charge is 2.20. The molecular weight excluding hydrogens is 262 g/mol. The highest BCUT2D eigenvalue weighted by Crippen LogP contribution is 2.35. The smallest absolute Gasteiger partial charge is 0.325 e. The third-order valence-corrected chi connectivity index (χ3v) is 3.03. The fourth-order valence-electron chi connectivity index (χ4n) is 1.95. The number of rotatable bonds is 3. The second-order valence-electron chi connectivity index (χ2n) is 4.05. The monoisotopic (exact) mass is 275 g/mol. The van der Waals surface area contributed by atoms with Crippen molar-refractivity contribution in [2.24, 2.45) is 0 Å². The van der Waals surface area contributed by atoms with E-state index in [-0.39, 0.29) is 0 Å². The van der Waals surface area contributed by atoms with Crippen molar-refractivity contribution in [3.8, 4) is 5.75 Å². The summed E-state index contributed by atoms with van der Waals surface area (Å²) < 4.78 is 5.29. The highest BCUT2D eigenvalue weighted by molar-refractivity contribution is 6.67. The second kappa shape index (κ2) is 5.76. The first-order chi connectivity index (χ1) is 9.15. The van der Waals surface area contributed by atoms with Crippen LogP contribution in [0.2, 0.25) is 0 Å². The van der Waals surface area contributed by atoms with Gasteiger partial charge >= 0.3 is 5.37 Å². The zero-order chi connectivity index (χ0) is 13.8. The molecule has 0 spiro atoms. The SMILES string of the molecule is COc1ccccc1N(C(=O)Cl)c1ccccc1C. The summed E-state index contributed by atoms with van der Waals surface area (Å²) >= 11 is 5.75. The molecule has 98 valence electrons. The summed E-state index contributed by atoms with van der Waals surface area (Å²) in [6.45, 7) is 1.93. The van der Waals surface area contributed by atoms with Gasteiger partial charge in [0.2, 0.25) is 0 Å². The summed E-state index contributed by atoms with van der Waals surface area (Å²) in [7, 11) is 1.56. The number of carbonyl (C=O) groups is 1. The molecule has 0 fully saturated rings. The van der Waals surface area contributed by atoms with Crippen molar-refractivity contribution in [1.82, 2.24) is 0 Å². The molecule has 0 aliphatic rings. The molecule has 4 heteroatoms. The summed E-state index contributed by atoms with van der Waals surface area (Å²) in [4.78, 5) is 13.2. The van der Waals surface area contributed by atoms with E-state index in [2.05, 4.69) is 0 Å². The van der Waals surface area contributed by atoms with E-state index in [0.717, 1.165) is 11.3 Å². The molecule has 0 aliphatic carbocycles. The van der Waals surface area contributed by atoms with Crippen molar-refractivity contribution >= 4 is 28.3 Å². The maximum Gasteiger partial charge on any atom is 0.325 e. The quantitative estimate of drug-likeness (QED) is 0.610. The van der Waals surface area contributed by atoms with E-state index in [1.54, 1.807) is 19.2 Å². The van der Waals surface area contributed by atoms with Crippen LogP contribution in [0.25, 0.3) is 0 Å². The number of nitrogens with zero attached hydrogens (tertiary/aromatic N) is 1. The lowest BCUT2D eigenvalue weighted by Gasteiger charge is -2.23. The molecule has 0 atom stereocenters. The minimum atomic E-state index is -0.571. The van der Waals surface area contributed by atoms with Gasteiger partial charge in [0.1, 0.15) is 5.75 Å². The van der Waals surface area contributed by atoms with E-state index < -0.39 is 5.37 Å². The predicted molar refractivity (Wildman–Crippen MR) is 77.6 cm³/mol. The molecule has 0 unspecified atom stereocenters. The number of ether oxygens (including phenoxy) is 1. The van der Waals surface area contributed by atoms with Crippen molar-refractivity contribution < 1.29 is 9.53 Å². The van der Waals surface area contributed by atoms with Crippen LogP contribution >= 0.6 is 11.6 Å². The standard InChI is InChI=1S/C15H14ClNO2/c1-11-7-3-4-8-12(11)17(15(16)18)13-9-5-6-10-14(13)19-2/h3-10H,1-2H3. The van der Waals surface area contributed by atoms with Gasteiger partial charge in [-0.05, 0) is 42.3 Å². The lowest BCUT2D eigenvalue weighted by molar-refractivity contribution is 0.266. The first-order valence-electron chi connectivity index (χ1n) is 5.83. The van der Waals surface area contributed by atoms with Crippen molar-refractivity contribution in [3.63, 3.8) is 0 Å². The van der Waals surface area contributed by atoms with Crippen LogP contribution in [0.1, 0.15) is 5.56 Å². The fraction of sp³-hybridized carbons (Fsp3) is 0.133. The summed E-state index contributed by atoms with van der Waals surface area (Å²) in [6.07, 6.45) is 0. The molecular formula is C15H14ClNO2. The van der Waals surface area contributed by atoms with Crippen LogP contribution in [0.4, 0.5) is 16.2 Å². The second-order valence-corrected chi connectivity index (χ2v) is 4.37. The van der Waals surface area contributed by atoms with E-state index in [4.69, 9.17) is 16.3 Å². The number of anilines is 2. The number of amides is 1. The fourth-order valence-corrected chi connectivity index (χ4v) is 2.13. The predicted octanol–water partition coefficient (Wildman–Crippen LogP) is 4.50. The maximum absolute atomic E-state index is 11.8. The summed E-state index contributed by atoms with van der Waals surface area (Å²) in [5, 5.41) is -0.571. The first kappa shape index (κ1) is 13.4. The number of aryl methyl sites for hydroxylation is 1. The molecule has 0 radical (unpaired) electrons. The molecule has 0 aromatic heterocycles. The van der Waals surface area contributed by atoms with Gasteiger partial charge in [-0.15, -0.1) is 0 Å². The Kier molecular flexibility index (Phi) is 4.07. The van der Waals surface area contributed by atoms with Crippen molar-refractivity contribution in [2.75, 3.05) is 12.0 Å². The number of para-hydroxylation sites is 3. The summed E-state index contributed by atoms with van der Waals surface area (Å²) in [6, 6.07) is 14.8. The van der Waals surface area contributed by atoms with Gasteiger partial charge in [-0.3, -0.25) is 9.69 Å². The van der Waals surface area contributed by atoms with Gasteiger partial charge in [0.05, 0.1) is 18.5 Å². The van der Waals surface area contributed by atoms with Crippen molar-refractivity contribution in [3.05, 3.63) is 54.1 Å². The first-order valence-corrected chi connectivity index (χ1v) is 6.21. The molecule has 3 nitrogen and oxygen atoms in total. The van der Waals surface area contributed by atoms with Crippen LogP contribution in [-0.4, -0.2) is 12.5 Å². The van der Waals surface area contributed by atoms with E-state index in [1.165, 1.54) is 4.90 Å². The molecule has 2 aromatic rings. The van der Waals surface area contributed by atoms with Gasteiger partial charge in [-0.25, -0.2) is 0 Å². The molecule has 0 aliphatic heterocycles. The zero-order valence-corrected chi connectivity index (χ0v) is 11.5. The third-order valence-electron chi connectivity index (χ3n) is 2.86. The topological polar surface area (TPSA) is 29.5 Å². The number of carbonyl (C=O) groups excluding carboxylic acids is 1. The Balaban J connectivity index is 2.59. The zero-order valence-electron chi connectivity index (χ0n) is 10.8. The van der Waals surface area contributed by atoms with Crippen LogP contribution in [0, 0.1) is 6.92 Å². The molecule has 0 saturated carbocycles. The Morgan fingerprint density at radius 1 is 1.05 bits per heavy atom. The lowest BCUT2D eigenvalue weighted by atomic mass is 10.1. The van der Waals surface area contributed by atoms with E-state index in [0.29, 0.717) is 11.4 Å². The van der Waals surface area contributed by atoms with Gasteiger partial charge < -0.3 is 4.74 Å². The van der Waals surface area contributed by atoms with Crippen LogP contribution < -0.4 is 9.64 Å². The average molecular weight is 276 g/mol. The number of benzene rings is 2. The van der Waals surface area contributed by atoms with Crippen LogP contribution in [0.3, 0.4) is 0 Å². The van der Waals surface area contributed by atoms with Crippen LogP contribution in [-0.2, 0) is 0 Å². The van der Waals surface area contributed by atoms with Gasteiger partial charge in [0.15, 0.2) is 0 Å². The van der Waals surface area contributed by atoms with Crippen LogP contribution in [0.15, 0.2) is 48.5 Å². The third kappa shape index (κ3) is 2.71. The number of halogens is 1. The number of hydrogen-bond acceptors (Lipinski definition) is 2. The van der Waals surface area contributed by atoms with Crippen molar-refractivity contribution in [1.29, 1.82) is 0 Å². The van der Waals surface area contributed by atoms with E-state index in [1.807, 2.05) is 43.3 Å². The Labute approximate surface area is 117 Å². The Morgan fingerprint density at radius 3 is 2.21 bits per heavy atom. The Morgan fingerprint density at radius 2 is 1.63 bits per heavy atom. The summed E-state index contributed by atoms with van der Waals surface area (Å²) in [5.41, 5.74) is 2.33. The van der Waals surface area contributed by atoms with Crippen molar-refractivity contribution in [2.45, 2.75) is 6.92 Å². The van der Waals surface area contributed by atoms with Gasteiger partial charge in [0, 0.05) is 0 Å². The van der Waals surface area contributed by atoms with Gasteiger partial charge in [0.25, 0.3) is 0 Å². The Bertz CT molecular complexity index is 598. The average Bonchev–Trinajstić information content (AvgIpc) is 2.41. The largest absolute Gasteiger partial charge is 0.495 e. The summed E-state index contributed by atoms with van der Waals surface area (Å²) in [5.74, 6) is 0.597. The molecule has 19 heavy (non-hydrogen) atoms. The van der Waals surface area contributed by atoms with Gasteiger partial charge in [-0.2, -0.15) is 0 Å². The molecule has 0 N–H and O–H groups in total. The maximum atomic E-state index is 11.8. The molecule has 2 aromatic carbocycles. The van der Waals surface area contributed by atoms with E-state index >= 15 is 0 Å². The van der Waals surface area contributed by atoms with Gasteiger partial charge in [-0.1, -0.05) is 30.3 Å². The number of hydrogen-bond donors (Lipinski definition) is 0. The molecule has 1 amide bonds. The minimum absolute atomic E-state index is 0.571. The normalized spacial score (nSPS) is 10.1. The molecule has 0 bridgehead atoms.